The van der Waals surface area contributed by atoms with Crippen molar-refractivity contribution >= 4 is 34.6 Å². The number of hydrogen-bond donors (Lipinski definition) is 7. The van der Waals surface area contributed by atoms with Gasteiger partial charge in [-0.15, -0.1) is 0 Å². The number of nitrogens with two attached hydrogens (primary N) is 2. The van der Waals surface area contributed by atoms with E-state index in [2.05, 4.69) is 15.6 Å². The fourth-order valence-corrected chi connectivity index (χ4v) is 4.78. The normalized spacial score (nSPS) is 18.5. The molecule has 0 saturated carbocycles. The molecule has 2 heterocycles. The number of nitrogens with one attached hydrogen (secondary N) is 3. The van der Waals surface area contributed by atoms with E-state index in [0.29, 0.717) is 32.2 Å². The number of benzene rings is 1. The number of unbranched alkanes of at least 4 members (excludes halogenated alkanes) is 1. The Hall–Kier alpha value is -3.48. The Morgan fingerprint density at radius 1 is 1.16 bits per heavy atom. The Bertz CT molecular complexity index is 1130. The smallest absolute Gasteiger partial charge is 0.326 e. The molecule has 12 nitrogen and oxygen atoms in total. The third-order valence-corrected chi connectivity index (χ3v) is 6.90. The Balaban J connectivity index is 1.69. The van der Waals surface area contributed by atoms with Gasteiger partial charge in [0.05, 0.1) is 12.1 Å². The fraction of sp³-hybridized carbons (Fsp3) is 0.538. The van der Waals surface area contributed by atoms with Crippen LogP contribution in [0.4, 0.5) is 0 Å². The number of fused-ring (bicyclic) bond motifs is 1. The largest absolute Gasteiger partial charge is 0.480 e. The number of amides is 3. The zero-order valence-electron chi connectivity index (χ0n) is 21.6. The summed E-state index contributed by atoms with van der Waals surface area (Å²) >= 11 is 0. The zero-order valence-corrected chi connectivity index (χ0v) is 21.6. The maximum absolute atomic E-state index is 13.2. The lowest BCUT2D eigenvalue weighted by Crippen LogP contribution is -2.60. The van der Waals surface area contributed by atoms with E-state index >= 15 is 0 Å². The number of carbonyl (C=O) groups is 4. The summed E-state index contributed by atoms with van der Waals surface area (Å²) in [6, 6.07) is 3.31. The first-order valence-corrected chi connectivity index (χ1v) is 13.0. The Kier molecular flexibility index (Phi) is 10.2. The van der Waals surface area contributed by atoms with E-state index in [4.69, 9.17) is 11.5 Å². The fourth-order valence-electron chi connectivity index (χ4n) is 4.78. The molecule has 2 aromatic rings. The monoisotopic (exact) mass is 530 g/mol. The van der Waals surface area contributed by atoms with Crippen molar-refractivity contribution in [3.8, 4) is 0 Å². The van der Waals surface area contributed by atoms with Crippen molar-refractivity contribution in [3.05, 3.63) is 36.0 Å². The van der Waals surface area contributed by atoms with E-state index in [1.54, 1.807) is 6.20 Å². The molecule has 1 aromatic carbocycles. The van der Waals surface area contributed by atoms with Gasteiger partial charge in [0.1, 0.15) is 18.1 Å². The zero-order chi connectivity index (χ0) is 27.8. The summed E-state index contributed by atoms with van der Waals surface area (Å²) in [6.45, 7) is 1.96. The molecule has 1 fully saturated rings. The molecule has 0 spiro atoms. The van der Waals surface area contributed by atoms with Gasteiger partial charge in [0.15, 0.2) is 0 Å². The number of H-pyrrole nitrogens is 1. The van der Waals surface area contributed by atoms with Gasteiger partial charge in [-0.1, -0.05) is 18.2 Å². The van der Waals surface area contributed by atoms with Crippen LogP contribution >= 0.6 is 0 Å². The molecule has 1 aromatic heterocycles. The maximum atomic E-state index is 13.2. The number of carboxylic acid groups (broad SMARTS) is 1. The molecule has 5 atom stereocenters. The highest BCUT2D eigenvalue weighted by Crippen LogP contribution is 2.20. The lowest BCUT2D eigenvalue weighted by Gasteiger charge is -2.30. The van der Waals surface area contributed by atoms with Crippen LogP contribution in [0, 0.1) is 0 Å². The molecular weight excluding hydrogens is 492 g/mol. The van der Waals surface area contributed by atoms with Crippen LogP contribution in [0.5, 0.6) is 0 Å². The van der Waals surface area contributed by atoms with Gasteiger partial charge >= 0.3 is 5.97 Å². The Labute approximate surface area is 221 Å². The molecule has 3 amide bonds. The molecule has 0 radical (unpaired) electrons. The number of rotatable bonds is 13. The third-order valence-electron chi connectivity index (χ3n) is 6.90. The minimum Gasteiger partial charge on any atom is -0.480 e. The van der Waals surface area contributed by atoms with Crippen molar-refractivity contribution in [2.45, 2.75) is 75.7 Å². The Morgan fingerprint density at radius 2 is 1.89 bits per heavy atom. The maximum Gasteiger partial charge on any atom is 0.326 e. The van der Waals surface area contributed by atoms with Crippen LogP contribution in [-0.2, 0) is 25.6 Å². The molecule has 1 aliphatic heterocycles. The quantitative estimate of drug-likeness (QED) is 0.169. The standard InChI is InChI=1S/C26H38N6O6/c1-15(33)22(25(36)32-12-6-10-21(32)26(37)38)31-24(35)20(9-4-5-11-27)30-23(34)18(28)13-16-14-29-19-8-3-2-7-17(16)19/h2-3,7-8,14-15,18,20-22,29,33H,4-6,9-13,27-28H2,1H3,(H,30,34)(H,31,35)(H,37,38). The first kappa shape index (κ1) is 29.1. The van der Waals surface area contributed by atoms with Crippen molar-refractivity contribution in [1.29, 1.82) is 0 Å². The van der Waals surface area contributed by atoms with Crippen LogP contribution in [-0.4, -0.2) is 87.1 Å². The highest BCUT2D eigenvalue weighted by molar-refractivity contribution is 5.95. The van der Waals surface area contributed by atoms with E-state index in [1.807, 2.05) is 24.3 Å². The number of aliphatic hydroxyl groups excluding tert-OH is 1. The second-order valence-corrected chi connectivity index (χ2v) is 9.77. The van der Waals surface area contributed by atoms with Gasteiger partial charge in [0.25, 0.3) is 0 Å². The summed E-state index contributed by atoms with van der Waals surface area (Å²) in [5.74, 6) is -3.02. The number of hydrogen-bond acceptors (Lipinski definition) is 7. The molecule has 38 heavy (non-hydrogen) atoms. The van der Waals surface area contributed by atoms with Gasteiger partial charge in [0, 0.05) is 23.6 Å². The number of carbonyl (C=O) groups excluding carboxylic acids is 3. The first-order valence-electron chi connectivity index (χ1n) is 13.0. The number of aliphatic hydroxyl groups is 1. The van der Waals surface area contributed by atoms with Crippen LogP contribution < -0.4 is 22.1 Å². The average molecular weight is 531 g/mol. The Morgan fingerprint density at radius 3 is 2.58 bits per heavy atom. The van der Waals surface area contributed by atoms with E-state index < -0.39 is 54.0 Å². The molecule has 1 saturated heterocycles. The highest BCUT2D eigenvalue weighted by atomic mass is 16.4. The van der Waals surface area contributed by atoms with Crippen LogP contribution in [0.15, 0.2) is 30.5 Å². The molecule has 208 valence electrons. The molecule has 9 N–H and O–H groups in total. The van der Waals surface area contributed by atoms with Gasteiger partial charge in [-0.25, -0.2) is 4.79 Å². The summed E-state index contributed by atoms with van der Waals surface area (Å²) in [7, 11) is 0. The van der Waals surface area contributed by atoms with Crippen LogP contribution in [0.1, 0.15) is 44.6 Å². The van der Waals surface area contributed by atoms with Crippen LogP contribution in [0.2, 0.25) is 0 Å². The van der Waals surface area contributed by atoms with E-state index in [0.717, 1.165) is 16.5 Å². The minimum absolute atomic E-state index is 0.217. The number of aliphatic carboxylic acids is 1. The average Bonchev–Trinajstić information content (AvgIpc) is 3.54. The second-order valence-electron chi connectivity index (χ2n) is 9.77. The summed E-state index contributed by atoms with van der Waals surface area (Å²) in [4.78, 5) is 55.2. The van der Waals surface area contributed by atoms with E-state index in [-0.39, 0.29) is 19.4 Å². The van der Waals surface area contributed by atoms with E-state index in [1.165, 1.54) is 11.8 Å². The van der Waals surface area contributed by atoms with Crippen molar-refractivity contribution in [2.24, 2.45) is 11.5 Å². The second kappa shape index (κ2) is 13.4. The molecule has 0 bridgehead atoms. The summed E-state index contributed by atoms with van der Waals surface area (Å²) < 4.78 is 0. The van der Waals surface area contributed by atoms with Crippen molar-refractivity contribution in [2.75, 3.05) is 13.1 Å². The number of carboxylic acids is 1. The van der Waals surface area contributed by atoms with Crippen molar-refractivity contribution in [3.63, 3.8) is 0 Å². The summed E-state index contributed by atoms with van der Waals surface area (Å²) in [5, 5.41) is 25.9. The molecular formula is C26H38N6O6. The van der Waals surface area contributed by atoms with Gasteiger partial charge in [-0.2, -0.15) is 0 Å². The topological polar surface area (TPSA) is 204 Å². The summed E-state index contributed by atoms with van der Waals surface area (Å²) in [5.41, 5.74) is 13.6. The predicted molar refractivity (Wildman–Crippen MR) is 141 cm³/mol. The minimum atomic E-state index is -1.36. The van der Waals surface area contributed by atoms with Gasteiger partial charge < -0.3 is 42.2 Å². The molecule has 3 rings (SSSR count). The van der Waals surface area contributed by atoms with Gasteiger partial charge in [-0.3, -0.25) is 14.4 Å². The number of aromatic nitrogens is 1. The lowest BCUT2D eigenvalue weighted by molar-refractivity contribution is -0.150. The van der Waals surface area contributed by atoms with Gasteiger partial charge in [0.2, 0.25) is 17.7 Å². The summed E-state index contributed by atoms with van der Waals surface area (Å²) in [6.07, 6.45) is 2.96. The molecule has 12 heteroatoms. The first-order chi connectivity index (χ1) is 18.1. The lowest BCUT2D eigenvalue weighted by atomic mass is 10.0. The van der Waals surface area contributed by atoms with Crippen LogP contribution in [0.25, 0.3) is 10.9 Å². The number of aromatic amines is 1. The van der Waals surface area contributed by atoms with E-state index in [9.17, 15) is 29.4 Å². The number of para-hydroxylation sites is 1. The van der Waals surface area contributed by atoms with Gasteiger partial charge in [-0.05, 0) is 63.6 Å². The predicted octanol–water partition coefficient (Wildman–Crippen LogP) is -0.407. The van der Waals surface area contributed by atoms with Crippen molar-refractivity contribution in [1.82, 2.24) is 20.5 Å². The number of likely N-dealkylation sites (tertiary alicyclic amines) is 1. The molecule has 0 aliphatic carbocycles. The third kappa shape index (κ3) is 7.09. The molecule has 5 unspecified atom stereocenters. The number of nitrogens with zero attached hydrogens (tertiary/aromatic N) is 1. The molecule has 1 aliphatic rings. The van der Waals surface area contributed by atoms with Crippen LogP contribution in [0.3, 0.4) is 0 Å². The SMILES string of the molecule is CC(O)C(NC(=O)C(CCCCN)NC(=O)C(N)Cc1c[nH]c2ccccc12)C(=O)N1CCCC1C(=O)O. The highest BCUT2D eigenvalue weighted by Gasteiger charge is 2.40. The van der Waals surface area contributed by atoms with Crippen molar-refractivity contribution < 1.29 is 29.4 Å².